The van der Waals surface area contributed by atoms with Crippen LogP contribution in [-0.2, 0) is 14.8 Å². The molecule has 6 nitrogen and oxygen atoms in total. The third-order valence-electron chi connectivity index (χ3n) is 3.04. The lowest BCUT2D eigenvalue weighted by molar-refractivity contribution is 0.0603. The minimum absolute atomic E-state index is 0.0711. The van der Waals surface area contributed by atoms with Crippen LogP contribution < -0.4 is 10.5 Å². The first-order chi connectivity index (χ1) is 9.27. The number of ether oxygens (including phenoxy) is 1. The highest BCUT2D eigenvalue weighted by molar-refractivity contribution is 7.89. The summed E-state index contributed by atoms with van der Waals surface area (Å²) >= 11 is 0. The van der Waals surface area contributed by atoms with Gasteiger partial charge in [0.25, 0.3) is 0 Å². The van der Waals surface area contributed by atoms with Crippen LogP contribution in [0.2, 0.25) is 0 Å². The van der Waals surface area contributed by atoms with Crippen LogP contribution in [-0.4, -0.2) is 39.9 Å². The first kappa shape index (κ1) is 16.9. The highest BCUT2D eigenvalue weighted by atomic mass is 32.2. The van der Waals surface area contributed by atoms with E-state index in [1.54, 1.807) is 12.1 Å². The molecule has 0 amide bonds. The van der Waals surface area contributed by atoms with E-state index in [4.69, 9.17) is 10.5 Å². The lowest BCUT2D eigenvalue weighted by Gasteiger charge is -2.13. The number of aliphatic hydroxyl groups excluding tert-OH is 1. The van der Waals surface area contributed by atoms with E-state index in [9.17, 15) is 13.5 Å². The molecule has 0 heterocycles. The zero-order valence-electron chi connectivity index (χ0n) is 12.0. The van der Waals surface area contributed by atoms with Crippen molar-refractivity contribution in [1.82, 2.24) is 4.72 Å². The van der Waals surface area contributed by atoms with Gasteiger partial charge in [-0.3, -0.25) is 0 Å². The van der Waals surface area contributed by atoms with Crippen LogP contribution in [0.3, 0.4) is 0 Å². The maximum absolute atomic E-state index is 12.2. The van der Waals surface area contributed by atoms with Gasteiger partial charge in [0.05, 0.1) is 18.4 Å². The van der Waals surface area contributed by atoms with E-state index < -0.39 is 16.1 Å². The molecule has 0 aromatic heterocycles. The third-order valence-corrected chi connectivity index (χ3v) is 4.56. The fourth-order valence-corrected chi connectivity index (χ4v) is 3.00. The molecule has 0 radical (unpaired) electrons. The van der Waals surface area contributed by atoms with Crippen molar-refractivity contribution in [3.05, 3.63) is 23.3 Å². The molecule has 0 aliphatic carbocycles. The molecule has 0 aliphatic rings. The number of hydrogen-bond acceptors (Lipinski definition) is 5. The van der Waals surface area contributed by atoms with Crippen LogP contribution in [0, 0.1) is 13.8 Å². The molecular formula is C13H22N2O4S. The van der Waals surface area contributed by atoms with Crippen molar-refractivity contribution in [3.8, 4) is 0 Å². The van der Waals surface area contributed by atoms with E-state index in [0.29, 0.717) is 0 Å². The van der Waals surface area contributed by atoms with Crippen LogP contribution in [0.25, 0.3) is 0 Å². The molecule has 0 spiro atoms. The molecule has 0 fully saturated rings. The Morgan fingerprint density at radius 1 is 1.35 bits per heavy atom. The third kappa shape index (κ3) is 4.45. The molecular weight excluding hydrogens is 280 g/mol. The Hall–Kier alpha value is -1.15. The highest BCUT2D eigenvalue weighted by Crippen LogP contribution is 2.22. The van der Waals surface area contributed by atoms with Gasteiger partial charge in [0, 0.05) is 13.7 Å². The average molecular weight is 302 g/mol. The molecule has 1 unspecified atom stereocenters. The fraction of sp³-hybridized carbons (Fsp3) is 0.538. The van der Waals surface area contributed by atoms with Crippen molar-refractivity contribution in [1.29, 1.82) is 0 Å². The summed E-state index contributed by atoms with van der Waals surface area (Å²) in [6.45, 7) is 4.00. The molecule has 114 valence electrons. The normalized spacial score (nSPS) is 13.4. The Morgan fingerprint density at radius 3 is 2.55 bits per heavy atom. The number of benzene rings is 1. The first-order valence-electron chi connectivity index (χ1n) is 6.31. The molecule has 1 atom stereocenters. The van der Waals surface area contributed by atoms with E-state index in [1.807, 2.05) is 13.8 Å². The Kier molecular flexibility index (Phi) is 5.94. The van der Waals surface area contributed by atoms with Gasteiger partial charge in [-0.05, 0) is 43.5 Å². The van der Waals surface area contributed by atoms with Gasteiger partial charge >= 0.3 is 0 Å². The van der Waals surface area contributed by atoms with Crippen molar-refractivity contribution >= 4 is 15.7 Å². The number of nitrogens with two attached hydrogens (primary N) is 1. The minimum Gasteiger partial charge on any atom is -0.398 e. The molecule has 7 heteroatoms. The molecule has 0 aliphatic heterocycles. The molecule has 20 heavy (non-hydrogen) atoms. The topological polar surface area (TPSA) is 102 Å². The van der Waals surface area contributed by atoms with Crippen LogP contribution in [0.5, 0.6) is 0 Å². The number of aryl methyl sites for hydroxylation is 2. The van der Waals surface area contributed by atoms with Crippen LogP contribution in [0.1, 0.15) is 17.5 Å². The minimum atomic E-state index is -3.67. The number of aliphatic hydroxyl groups is 1. The zero-order valence-corrected chi connectivity index (χ0v) is 12.8. The van der Waals surface area contributed by atoms with Gasteiger partial charge in [-0.2, -0.15) is 0 Å². The van der Waals surface area contributed by atoms with Gasteiger partial charge in [0.1, 0.15) is 4.90 Å². The highest BCUT2D eigenvalue weighted by Gasteiger charge is 2.18. The van der Waals surface area contributed by atoms with E-state index in [-0.39, 0.29) is 30.2 Å². The van der Waals surface area contributed by atoms with Gasteiger partial charge in [0.15, 0.2) is 0 Å². The molecule has 1 rings (SSSR count). The smallest absolute Gasteiger partial charge is 0.242 e. The van der Waals surface area contributed by atoms with Gasteiger partial charge < -0.3 is 15.6 Å². The number of nitrogen functional groups attached to an aromatic ring is 1. The fourth-order valence-electron chi connectivity index (χ4n) is 1.76. The predicted molar refractivity (Wildman–Crippen MR) is 78.0 cm³/mol. The quantitative estimate of drug-likeness (QED) is 0.639. The van der Waals surface area contributed by atoms with Crippen LogP contribution in [0.15, 0.2) is 17.0 Å². The molecule has 1 aromatic carbocycles. The summed E-state index contributed by atoms with van der Waals surface area (Å²) in [5.41, 5.74) is 7.79. The van der Waals surface area contributed by atoms with Gasteiger partial charge in [0.2, 0.25) is 10.0 Å². The van der Waals surface area contributed by atoms with E-state index in [0.717, 1.165) is 11.1 Å². The second-order valence-corrected chi connectivity index (χ2v) is 6.51. The van der Waals surface area contributed by atoms with E-state index >= 15 is 0 Å². The number of rotatable bonds is 7. The van der Waals surface area contributed by atoms with Gasteiger partial charge in [-0.1, -0.05) is 0 Å². The number of methoxy groups -OCH3 is 1. The van der Waals surface area contributed by atoms with Crippen molar-refractivity contribution in [2.24, 2.45) is 0 Å². The van der Waals surface area contributed by atoms with Crippen LogP contribution in [0.4, 0.5) is 5.69 Å². The van der Waals surface area contributed by atoms with Crippen LogP contribution >= 0.6 is 0 Å². The zero-order chi connectivity index (χ0) is 15.3. The molecule has 0 saturated carbocycles. The molecule has 4 N–H and O–H groups in total. The number of hydrogen-bond donors (Lipinski definition) is 3. The lowest BCUT2D eigenvalue weighted by atomic mass is 10.1. The second kappa shape index (κ2) is 7.03. The van der Waals surface area contributed by atoms with Crippen molar-refractivity contribution < 1.29 is 18.3 Å². The summed E-state index contributed by atoms with van der Waals surface area (Å²) in [6.07, 6.45) is -0.419. The lowest BCUT2D eigenvalue weighted by Crippen LogP contribution is -2.29. The monoisotopic (exact) mass is 302 g/mol. The van der Waals surface area contributed by atoms with Gasteiger partial charge in [-0.15, -0.1) is 0 Å². The summed E-state index contributed by atoms with van der Waals surface area (Å²) in [6, 6.07) is 3.20. The Labute approximate surface area is 120 Å². The molecule has 0 saturated heterocycles. The van der Waals surface area contributed by atoms with Crippen molar-refractivity contribution in [3.63, 3.8) is 0 Å². The van der Waals surface area contributed by atoms with Crippen molar-refractivity contribution in [2.75, 3.05) is 26.0 Å². The standard InChI is InChI=1S/C13H22N2O4S/c1-9-6-12(14)13(7-10(9)2)20(17,18)15-5-4-11(16)8-19-3/h6-7,11,15-16H,4-5,8,14H2,1-3H3. The number of sulfonamides is 1. The molecule has 0 bridgehead atoms. The maximum Gasteiger partial charge on any atom is 0.242 e. The molecule has 1 aromatic rings. The Morgan fingerprint density at radius 2 is 1.95 bits per heavy atom. The summed E-state index contributed by atoms with van der Waals surface area (Å²) in [5.74, 6) is 0. The van der Waals surface area contributed by atoms with E-state index in [1.165, 1.54) is 7.11 Å². The first-order valence-corrected chi connectivity index (χ1v) is 7.79. The average Bonchev–Trinajstić information content (AvgIpc) is 2.33. The number of anilines is 1. The van der Waals surface area contributed by atoms with Crippen molar-refractivity contribution in [2.45, 2.75) is 31.3 Å². The summed E-state index contributed by atoms with van der Waals surface area (Å²) in [7, 11) is -2.19. The summed E-state index contributed by atoms with van der Waals surface area (Å²) in [5, 5.41) is 9.47. The predicted octanol–water partition coefficient (Wildman–Crippen LogP) is 0.561. The second-order valence-electron chi connectivity index (χ2n) is 4.77. The SMILES string of the molecule is COCC(O)CCNS(=O)(=O)c1cc(C)c(C)cc1N. The summed E-state index contributed by atoms with van der Waals surface area (Å²) in [4.78, 5) is 0.0711. The largest absolute Gasteiger partial charge is 0.398 e. The summed E-state index contributed by atoms with van der Waals surface area (Å²) < 4.78 is 31.5. The maximum atomic E-state index is 12.2. The van der Waals surface area contributed by atoms with Gasteiger partial charge in [-0.25, -0.2) is 13.1 Å². The Balaban J connectivity index is 2.77. The van der Waals surface area contributed by atoms with E-state index in [2.05, 4.69) is 4.72 Å². The number of nitrogens with one attached hydrogen (secondary N) is 1. The Bertz CT molecular complexity index is 558.